The normalized spacial score (nSPS) is 20.2. The van der Waals surface area contributed by atoms with Crippen LogP contribution in [0, 0.1) is 5.41 Å². The number of anilines is 3. The van der Waals surface area contributed by atoms with Gasteiger partial charge in [-0.2, -0.15) is 0 Å². The number of aromatic nitrogens is 3. The Bertz CT molecular complexity index is 1300. The van der Waals surface area contributed by atoms with E-state index in [9.17, 15) is 9.90 Å². The molecule has 9 heteroatoms. The molecule has 1 atom stereocenters. The van der Waals surface area contributed by atoms with Gasteiger partial charge in [-0.15, -0.1) is 0 Å². The average molecular weight is 472 g/mol. The molecule has 6 rings (SSSR count). The Hall–Kier alpha value is -3.56. The number of piperidine rings is 1. The highest BCUT2D eigenvalue weighted by molar-refractivity contribution is 6.05. The molecule has 1 saturated heterocycles. The molecule has 1 unspecified atom stereocenters. The van der Waals surface area contributed by atoms with E-state index in [2.05, 4.69) is 44.1 Å². The van der Waals surface area contributed by atoms with Crippen molar-refractivity contribution in [2.75, 3.05) is 35.2 Å². The summed E-state index contributed by atoms with van der Waals surface area (Å²) in [5.41, 5.74) is 17.4. The summed E-state index contributed by atoms with van der Waals surface area (Å²) in [5, 5.41) is 10.1. The Morgan fingerprint density at radius 2 is 1.91 bits per heavy atom. The molecule has 2 aromatic heterocycles. The Labute approximate surface area is 203 Å². The number of amides is 1. The minimum atomic E-state index is -0.287. The number of carbonyl (C=O) groups is 1. The van der Waals surface area contributed by atoms with Crippen LogP contribution in [0.3, 0.4) is 0 Å². The number of nitrogens with zero attached hydrogens (tertiary/aromatic N) is 5. The zero-order chi connectivity index (χ0) is 24.2. The monoisotopic (exact) mass is 471 g/mol. The zero-order valence-electron chi connectivity index (χ0n) is 19.5. The maximum absolute atomic E-state index is 13.2. The molecule has 1 aliphatic carbocycles. The molecule has 3 aliphatic rings. The topological polar surface area (TPSA) is 134 Å². The largest absolute Gasteiger partial charge is 0.390 e. The molecule has 1 amide bonds. The predicted octanol–water partition coefficient (Wildman–Crippen LogP) is 1.99. The van der Waals surface area contributed by atoms with Crippen molar-refractivity contribution in [3.05, 3.63) is 70.8 Å². The van der Waals surface area contributed by atoms with Gasteiger partial charge in [0.1, 0.15) is 17.2 Å². The lowest BCUT2D eigenvalue weighted by Crippen LogP contribution is -2.45. The third-order valence-corrected chi connectivity index (χ3v) is 7.92. The van der Waals surface area contributed by atoms with Crippen LogP contribution in [-0.4, -0.2) is 45.6 Å². The molecule has 0 saturated carbocycles. The van der Waals surface area contributed by atoms with Gasteiger partial charge in [0.15, 0.2) is 5.82 Å². The van der Waals surface area contributed by atoms with Crippen LogP contribution >= 0.6 is 0 Å². The van der Waals surface area contributed by atoms with Crippen LogP contribution in [0.5, 0.6) is 0 Å². The first-order valence-electron chi connectivity index (χ1n) is 12.1. The number of hydrogen-bond donors (Lipinski definition) is 3. The van der Waals surface area contributed by atoms with Gasteiger partial charge in [-0.3, -0.25) is 4.79 Å². The van der Waals surface area contributed by atoms with Crippen molar-refractivity contribution in [2.24, 2.45) is 11.1 Å². The Kier molecular flexibility index (Phi) is 5.19. The molecule has 1 spiro atoms. The highest BCUT2D eigenvalue weighted by atomic mass is 16.3. The fourth-order valence-corrected chi connectivity index (χ4v) is 5.99. The van der Waals surface area contributed by atoms with E-state index in [4.69, 9.17) is 11.5 Å². The van der Waals surface area contributed by atoms with E-state index in [-0.39, 0.29) is 29.7 Å². The van der Waals surface area contributed by atoms with Gasteiger partial charge in [-0.1, -0.05) is 24.3 Å². The highest BCUT2D eigenvalue weighted by Gasteiger charge is 2.46. The maximum Gasteiger partial charge on any atom is 0.278 e. The third-order valence-electron chi connectivity index (χ3n) is 7.92. The molecule has 3 aromatic rings. The number of nitrogen functional groups attached to an aromatic ring is 1. The Balaban J connectivity index is 1.20. The van der Waals surface area contributed by atoms with Crippen molar-refractivity contribution >= 4 is 23.2 Å². The molecular weight excluding hydrogens is 442 g/mol. The molecule has 35 heavy (non-hydrogen) atoms. The second-order valence-electron chi connectivity index (χ2n) is 9.80. The molecular formula is C26H29N7O2. The number of aliphatic hydroxyl groups is 1. The smallest absolute Gasteiger partial charge is 0.278 e. The summed E-state index contributed by atoms with van der Waals surface area (Å²) < 4.78 is 0. The number of carbonyl (C=O) groups excluding carboxylic acids is 1. The van der Waals surface area contributed by atoms with E-state index in [1.807, 2.05) is 6.07 Å². The first-order valence-corrected chi connectivity index (χ1v) is 12.1. The van der Waals surface area contributed by atoms with Gasteiger partial charge in [0.25, 0.3) is 5.91 Å². The van der Waals surface area contributed by atoms with Gasteiger partial charge in [-0.05, 0) is 47.9 Å². The van der Waals surface area contributed by atoms with E-state index < -0.39 is 0 Å². The van der Waals surface area contributed by atoms with Crippen LogP contribution in [0.25, 0.3) is 0 Å². The number of aliphatic hydroxyl groups excluding tert-OH is 1. The van der Waals surface area contributed by atoms with Gasteiger partial charge in [0.2, 0.25) is 0 Å². The number of nitrogens with two attached hydrogens (primary N) is 2. The summed E-state index contributed by atoms with van der Waals surface area (Å²) in [6.07, 6.45) is 5.04. The first kappa shape index (κ1) is 21.9. The van der Waals surface area contributed by atoms with Crippen molar-refractivity contribution < 1.29 is 9.90 Å². The van der Waals surface area contributed by atoms with E-state index in [0.717, 1.165) is 43.7 Å². The van der Waals surface area contributed by atoms with Crippen LogP contribution in [0.4, 0.5) is 17.3 Å². The van der Waals surface area contributed by atoms with Crippen molar-refractivity contribution in [1.82, 2.24) is 15.0 Å². The Morgan fingerprint density at radius 3 is 2.69 bits per heavy atom. The summed E-state index contributed by atoms with van der Waals surface area (Å²) in [4.78, 5) is 30.5. The van der Waals surface area contributed by atoms with Gasteiger partial charge < -0.3 is 26.4 Å². The summed E-state index contributed by atoms with van der Waals surface area (Å²) in [6, 6.07) is 12.0. The zero-order valence-corrected chi connectivity index (χ0v) is 19.5. The minimum Gasteiger partial charge on any atom is -0.390 e. The number of hydrogen-bond acceptors (Lipinski definition) is 8. The first-order chi connectivity index (χ1) is 17.0. The van der Waals surface area contributed by atoms with Crippen LogP contribution in [-0.2, 0) is 19.4 Å². The van der Waals surface area contributed by atoms with Crippen molar-refractivity contribution in [3.8, 4) is 0 Å². The quantitative estimate of drug-likeness (QED) is 0.528. The molecule has 9 nitrogen and oxygen atoms in total. The minimum absolute atomic E-state index is 0.0393. The van der Waals surface area contributed by atoms with E-state index in [1.54, 1.807) is 11.0 Å². The molecule has 180 valence electrons. The fraction of sp³-hybridized carbons (Fsp3) is 0.385. The summed E-state index contributed by atoms with van der Waals surface area (Å²) >= 11 is 0. The van der Waals surface area contributed by atoms with Crippen molar-refractivity contribution in [1.29, 1.82) is 0 Å². The van der Waals surface area contributed by atoms with Crippen LogP contribution in [0.1, 0.15) is 51.9 Å². The van der Waals surface area contributed by atoms with Crippen LogP contribution in [0.2, 0.25) is 0 Å². The third kappa shape index (κ3) is 3.54. The van der Waals surface area contributed by atoms with Gasteiger partial charge in [-0.25, -0.2) is 15.0 Å². The standard InChI is InChI=1S/C26H29N7O2/c27-22-6-5-21-18(31-22)7-10-33(21)25(35)19-14-29-24(20(15-34)30-19)32-11-8-26(9-12-32)13-16-3-1-2-4-17(16)23(26)28/h1-6,14,23,34H,7-13,15,28H2,(H2,27,31). The van der Waals surface area contributed by atoms with Crippen LogP contribution in [0.15, 0.2) is 42.6 Å². The van der Waals surface area contributed by atoms with Gasteiger partial charge in [0, 0.05) is 32.1 Å². The summed E-state index contributed by atoms with van der Waals surface area (Å²) in [7, 11) is 0. The lowest BCUT2D eigenvalue weighted by atomic mass is 9.73. The molecule has 1 aromatic carbocycles. The second kappa shape index (κ2) is 8.28. The highest BCUT2D eigenvalue weighted by Crippen LogP contribution is 2.51. The van der Waals surface area contributed by atoms with E-state index in [1.165, 1.54) is 17.3 Å². The predicted molar refractivity (Wildman–Crippen MR) is 133 cm³/mol. The van der Waals surface area contributed by atoms with Gasteiger partial charge in [0.05, 0.1) is 24.2 Å². The SMILES string of the molecule is Nc1ccc2c(n1)CCN2C(=O)c1cnc(N2CCC3(CC2)Cc2ccccc2C3N)c(CO)n1. The molecule has 0 radical (unpaired) electrons. The second-order valence-corrected chi connectivity index (χ2v) is 9.80. The van der Waals surface area contributed by atoms with Crippen molar-refractivity contribution in [2.45, 2.75) is 38.3 Å². The van der Waals surface area contributed by atoms with Crippen LogP contribution < -0.4 is 21.3 Å². The summed E-state index contributed by atoms with van der Waals surface area (Å²) in [6.45, 7) is 1.79. The van der Waals surface area contributed by atoms with E-state index >= 15 is 0 Å². The lowest BCUT2D eigenvalue weighted by Gasteiger charge is -2.42. The van der Waals surface area contributed by atoms with Crippen molar-refractivity contribution in [3.63, 3.8) is 0 Å². The number of pyridine rings is 1. The van der Waals surface area contributed by atoms with E-state index in [0.29, 0.717) is 30.3 Å². The molecule has 0 bridgehead atoms. The summed E-state index contributed by atoms with van der Waals surface area (Å²) in [5.74, 6) is 0.825. The molecule has 4 heterocycles. The average Bonchev–Trinajstić information content (AvgIpc) is 3.42. The number of rotatable bonds is 3. The maximum atomic E-state index is 13.2. The Morgan fingerprint density at radius 1 is 1.11 bits per heavy atom. The number of benzene rings is 1. The van der Waals surface area contributed by atoms with Gasteiger partial charge >= 0.3 is 0 Å². The molecule has 2 aliphatic heterocycles. The fourth-order valence-electron chi connectivity index (χ4n) is 5.99. The lowest BCUT2D eigenvalue weighted by molar-refractivity contribution is 0.0983. The number of fused-ring (bicyclic) bond motifs is 2. The molecule has 5 N–H and O–H groups in total. The molecule has 1 fully saturated rings.